The Bertz CT molecular complexity index is 222. The molecule has 0 aromatic heterocycles. The molecule has 0 heterocycles. The summed E-state index contributed by atoms with van der Waals surface area (Å²) >= 11 is 1.94. The number of rotatable bonds is 7. The Morgan fingerprint density at radius 3 is 2.71 bits per heavy atom. The van der Waals surface area contributed by atoms with Gasteiger partial charge >= 0.3 is 0 Å². The Morgan fingerprint density at radius 1 is 1.53 bits per heavy atom. The summed E-state index contributed by atoms with van der Waals surface area (Å²) in [6, 6.07) is 0.654. The molecule has 2 N–H and O–H groups in total. The van der Waals surface area contributed by atoms with E-state index in [0.29, 0.717) is 11.6 Å². The highest BCUT2D eigenvalue weighted by Crippen LogP contribution is 2.40. The first-order chi connectivity index (χ1) is 8.09. The highest BCUT2D eigenvalue weighted by Gasteiger charge is 2.41. The van der Waals surface area contributed by atoms with Crippen molar-refractivity contribution in [2.24, 2.45) is 11.7 Å². The highest BCUT2D eigenvalue weighted by atomic mass is 32.2. The van der Waals surface area contributed by atoms with Crippen LogP contribution in [-0.4, -0.2) is 42.1 Å². The SMILES string of the molecule is CCC1CCC(CN)(N(C)C(C)CCSC)C1. The van der Waals surface area contributed by atoms with Crippen molar-refractivity contribution >= 4 is 11.8 Å². The zero-order valence-electron chi connectivity index (χ0n) is 12.0. The second-order valence-electron chi connectivity index (χ2n) is 5.69. The van der Waals surface area contributed by atoms with Crippen LogP contribution in [-0.2, 0) is 0 Å². The first kappa shape index (κ1) is 15.3. The van der Waals surface area contributed by atoms with Gasteiger partial charge in [0.05, 0.1) is 0 Å². The third-order valence-electron chi connectivity index (χ3n) is 4.79. The fourth-order valence-electron chi connectivity index (χ4n) is 3.16. The van der Waals surface area contributed by atoms with Crippen LogP contribution in [0.1, 0.15) is 46.0 Å². The minimum Gasteiger partial charge on any atom is -0.329 e. The van der Waals surface area contributed by atoms with Gasteiger partial charge in [-0.3, -0.25) is 4.90 Å². The molecule has 17 heavy (non-hydrogen) atoms. The maximum Gasteiger partial charge on any atom is 0.0334 e. The van der Waals surface area contributed by atoms with Gasteiger partial charge in [0.1, 0.15) is 0 Å². The summed E-state index contributed by atoms with van der Waals surface area (Å²) in [6.45, 7) is 5.49. The van der Waals surface area contributed by atoms with Crippen LogP contribution in [0.5, 0.6) is 0 Å². The van der Waals surface area contributed by atoms with Gasteiger partial charge in [0, 0.05) is 18.1 Å². The third kappa shape index (κ3) is 3.62. The van der Waals surface area contributed by atoms with Crippen LogP contribution in [0.4, 0.5) is 0 Å². The van der Waals surface area contributed by atoms with Gasteiger partial charge < -0.3 is 5.73 Å². The van der Waals surface area contributed by atoms with Gasteiger partial charge in [0.25, 0.3) is 0 Å². The first-order valence-corrected chi connectivity index (χ1v) is 8.41. The molecule has 3 heteroatoms. The van der Waals surface area contributed by atoms with Crippen LogP contribution in [0, 0.1) is 5.92 Å². The van der Waals surface area contributed by atoms with E-state index in [1.165, 1.54) is 37.9 Å². The molecule has 0 aromatic rings. The minimum absolute atomic E-state index is 0.290. The standard InChI is InChI=1S/C14H30N2S/c1-5-13-6-8-14(10-13,11-15)16(3)12(2)7-9-17-4/h12-13H,5-11,15H2,1-4H3. The fraction of sp³-hybridized carbons (Fsp3) is 1.00. The lowest BCUT2D eigenvalue weighted by Gasteiger charge is -2.42. The molecule has 1 fully saturated rings. The van der Waals surface area contributed by atoms with Gasteiger partial charge in [-0.05, 0) is 57.6 Å². The molecule has 0 radical (unpaired) electrons. The average molecular weight is 258 g/mol. The van der Waals surface area contributed by atoms with Crippen molar-refractivity contribution in [1.29, 1.82) is 0 Å². The Hall–Kier alpha value is 0.270. The van der Waals surface area contributed by atoms with Crippen LogP contribution in [0.15, 0.2) is 0 Å². The average Bonchev–Trinajstić information content (AvgIpc) is 2.79. The van der Waals surface area contributed by atoms with E-state index >= 15 is 0 Å². The maximum absolute atomic E-state index is 6.11. The second-order valence-corrected chi connectivity index (χ2v) is 6.67. The van der Waals surface area contributed by atoms with Crippen LogP contribution in [0.3, 0.4) is 0 Å². The van der Waals surface area contributed by atoms with Crippen molar-refractivity contribution in [3.05, 3.63) is 0 Å². The minimum atomic E-state index is 0.290. The van der Waals surface area contributed by atoms with Crippen molar-refractivity contribution in [3.8, 4) is 0 Å². The van der Waals surface area contributed by atoms with Crippen molar-refractivity contribution < 1.29 is 0 Å². The molecule has 1 rings (SSSR count). The Morgan fingerprint density at radius 2 is 2.24 bits per heavy atom. The first-order valence-electron chi connectivity index (χ1n) is 7.01. The van der Waals surface area contributed by atoms with Crippen LogP contribution >= 0.6 is 11.8 Å². The smallest absolute Gasteiger partial charge is 0.0334 e. The predicted octanol–water partition coefficient (Wildman–Crippen LogP) is 2.97. The van der Waals surface area contributed by atoms with Gasteiger partial charge in [-0.15, -0.1) is 0 Å². The molecule has 0 bridgehead atoms. The van der Waals surface area contributed by atoms with Crippen LogP contribution in [0.2, 0.25) is 0 Å². The molecule has 0 spiro atoms. The topological polar surface area (TPSA) is 29.3 Å². The molecule has 1 aliphatic rings. The van der Waals surface area contributed by atoms with E-state index in [4.69, 9.17) is 5.73 Å². The molecular formula is C14H30N2S. The van der Waals surface area contributed by atoms with Crippen molar-refractivity contribution in [2.75, 3.05) is 25.6 Å². The van der Waals surface area contributed by atoms with E-state index in [1.807, 2.05) is 11.8 Å². The Kier molecular flexibility index (Phi) is 6.32. The van der Waals surface area contributed by atoms with Crippen molar-refractivity contribution in [2.45, 2.75) is 57.5 Å². The molecule has 0 aliphatic heterocycles. The summed E-state index contributed by atoms with van der Waals surface area (Å²) in [6.07, 6.45) is 8.74. The maximum atomic E-state index is 6.11. The molecular weight excluding hydrogens is 228 g/mol. The molecule has 102 valence electrons. The molecule has 1 aliphatic carbocycles. The molecule has 0 saturated heterocycles. The summed E-state index contributed by atoms with van der Waals surface area (Å²) in [5, 5.41) is 0. The normalized spacial score (nSPS) is 31.1. The number of nitrogens with two attached hydrogens (primary N) is 1. The summed E-state index contributed by atoms with van der Waals surface area (Å²) in [4.78, 5) is 2.58. The summed E-state index contributed by atoms with van der Waals surface area (Å²) in [5.41, 5.74) is 6.40. The number of hydrogen-bond acceptors (Lipinski definition) is 3. The zero-order valence-corrected chi connectivity index (χ0v) is 12.9. The van der Waals surface area contributed by atoms with E-state index in [2.05, 4.69) is 32.1 Å². The Balaban J connectivity index is 2.60. The van der Waals surface area contributed by atoms with E-state index in [9.17, 15) is 0 Å². The van der Waals surface area contributed by atoms with Gasteiger partial charge in [0.2, 0.25) is 0 Å². The number of nitrogens with zero attached hydrogens (tertiary/aromatic N) is 1. The Labute approximate surface area is 112 Å². The third-order valence-corrected chi connectivity index (χ3v) is 5.44. The zero-order chi connectivity index (χ0) is 12.9. The van der Waals surface area contributed by atoms with Gasteiger partial charge in [-0.1, -0.05) is 13.3 Å². The quantitative estimate of drug-likeness (QED) is 0.761. The molecule has 1 saturated carbocycles. The summed E-state index contributed by atoms with van der Waals surface area (Å²) in [5.74, 6) is 2.15. The lowest BCUT2D eigenvalue weighted by molar-refractivity contribution is 0.0842. The van der Waals surface area contributed by atoms with Crippen molar-refractivity contribution in [1.82, 2.24) is 4.90 Å². The van der Waals surface area contributed by atoms with E-state index in [1.54, 1.807) is 0 Å². The van der Waals surface area contributed by atoms with Gasteiger partial charge in [0.15, 0.2) is 0 Å². The molecule has 0 aromatic carbocycles. The molecule has 3 unspecified atom stereocenters. The van der Waals surface area contributed by atoms with E-state index in [-0.39, 0.29) is 0 Å². The summed E-state index contributed by atoms with van der Waals surface area (Å²) in [7, 11) is 2.29. The largest absolute Gasteiger partial charge is 0.329 e. The molecule has 2 nitrogen and oxygen atoms in total. The lowest BCUT2D eigenvalue weighted by Crippen LogP contribution is -2.53. The number of hydrogen-bond donors (Lipinski definition) is 1. The van der Waals surface area contributed by atoms with Gasteiger partial charge in [-0.25, -0.2) is 0 Å². The molecule has 3 atom stereocenters. The van der Waals surface area contributed by atoms with Crippen LogP contribution in [0.25, 0.3) is 0 Å². The van der Waals surface area contributed by atoms with E-state index < -0.39 is 0 Å². The summed E-state index contributed by atoms with van der Waals surface area (Å²) < 4.78 is 0. The van der Waals surface area contributed by atoms with Crippen LogP contribution < -0.4 is 5.73 Å². The highest BCUT2D eigenvalue weighted by molar-refractivity contribution is 7.98. The fourth-order valence-corrected chi connectivity index (χ4v) is 3.74. The van der Waals surface area contributed by atoms with E-state index in [0.717, 1.165) is 12.5 Å². The number of thioether (sulfide) groups is 1. The second kappa shape index (κ2) is 7.01. The monoisotopic (exact) mass is 258 g/mol. The van der Waals surface area contributed by atoms with Crippen molar-refractivity contribution in [3.63, 3.8) is 0 Å². The predicted molar refractivity (Wildman–Crippen MR) is 79.6 cm³/mol. The van der Waals surface area contributed by atoms with Gasteiger partial charge in [-0.2, -0.15) is 11.8 Å². The lowest BCUT2D eigenvalue weighted by atomic mass is 9.91. The number of likely N-dealkylation sites (N-methyl/N-ethyl adjacent to an activating group) is 1. The molecule has 0 amide bonds.